The smallest absolute Gasteiger partial charge is 0.253 e. The molecule has 4 nitrogen and oxygen atoms in total. The highest BCUT2D eigenvalue weighted by molar-refractivity contribution is 5.99. The van der Waals surface area contributed by atoms with E-state index in [0.717, 1.165) is 19.3 Å². The number of carbonyl (C=O) groups is 1. The molecule has 1 aliphatic carbocycles. The third-order valence-corrected chi connectivity index (χ3v) is 4.29. The van der Waals surface area contributed by atoms with Crippen molar-refractivity contribution < 1.29 is 9.18 Å². The van der Waals surface area contributed by atoms with Gasteiger partial charge in [-0.3, -0.25) is 4.79 Å². The Balaban J connectivity index is 2.35. The average molecular weight is 279 g/mol. The Morgan fingerprint density at radius 2 is 2.10 bits per heavy atom. The molecule has 110 valence electrons. The van der Waals surface area contributed by atoms with Crippen molar-refractivity contribution >= 4 is 11.6 Å². The van der Waals surface area contributed by atoms with E-state index in [2.05, 4.69) is 0 Å². The van der Waals surface area contributed by atoms with E-state index in [-0.39, 0.29) is 11.6 Å². The normalized spacial score (nSPS) is 22.6. The van der Waals surface area contributed by atoms with E-state index < -0.39 is 11.7 Å². The summed E-state index contributed by atoms with van der Waals surface area (Å²) in [7, 11) is 1.89. The monoisotopic (exact) mass is 279 g/mol. The third kappa shape index (κ3) is 2.77. The zero-order chi connectivity index (χ0) is 14.7. The largest absolute Gasteiger partial charge is 0.371 e. The molecule has 0 spiro atoms. The molecule has 0 radical (unpaired) electrons. The maximum absolute atomic E-state index is 13.9. The van der Waals surface area contributed by atoms with Gasteiger partial charge in [0.2, 0.25) is 0 Å². The van der Waals surface area contributed by atoms with Crippen LogP contribution < -0.4 is 16.4 Å². The van der Waals surface area contributed by atoms with E-state index in [4.69, 9.17) is 11.5 Å². The van der Waals surface area contributed by atoms with Crippen molar-refractivity contribution in [1.82, 2.24) is 0 Å². The summed E-state index contributed by atoms with van der Waals surface area (Å²) in [5.41, 5.74) is 11.7. The molecule has 0 bridgehead atoms. The van der Waals surface area contributed by atoms with E-state index in [1.54, 1.807) is 12.1 Å². The van der Waals surface area contributed by atoms with Crippen molar-refractivity contribution in [2.24, 2.45) is 17.4 Å². The van der Waals surface area contributed by atoms with Crippen LogP contribution in [0.25, 0.3) is 0 Å². The molecule has 4 N–H and O–H groups in total. The molecule has 1 fully saturated rings. The van der Waals surface area contributed by atoms with Gasteiger partial charge in [-0.1, -0.05) is 18.9 Å². The summed E-state index contributed by atoms with van der Waals surface area (Å²) < 4.78 is 13.9. The molecule has 0 saturated heterocycles. The van der Waals surface area contributed by atoms with Crippen molar-refractivity contribution in [3.05, 3.63) is 29.6 Å². The lowest BCUT2D eigenvalue weighted by Gasteiger charge is -2.39. The van der Waals surface area contributed by atoms with Gasteiger partial charge in [0, 0.05) is 13.1 Å². The zero-order valence-corrected chi connectivity index (χ0v) is 11.8. The van der Waals surface area contributed by atoms with Crippen molar-refractivity contribution in [3.8, 4) is 0 Å². The Hall–Kier alpha value is -1.62. The average Bonchev–Trinajstić information content (AvgIpc) is 2.45. The predicted molar refractivity (Wildman–Crippen MR) is 78.1 cm³/mol. The molecular formula is C15H22FN3O. The van der Waals surface area contributed by atoms with E-state index >= 15 is 0 Å². The zero-order valence-electron chi connectivity index (χ0n) is 11.8. The molecule has 1 aromatic rings. The molecule has 2 rings (SSSR count). The number of nitrogens with zero attached hydrogens (tertiary/aromatic N) is 1. The molecule has 1 saturated carbocycles. The van der Waals surface area contributed by atoms with Gasteiger partial charge in [0.05, 0.1) is 11.3 Å². The minimum Gasteiger partial charge on any atom is -0.371 e. The minimum absolute atomic E-state index is 0.0312. The second-order valence-electron chi connectivity index (χ2n) is 5.46. The number of primary amides is 1. The maximum Gasteiger partial charge on any atom is 0.253 e. The van der Waals surface area contributed by atoms with E-state index in [0.29, 0.717) is 18.2 Å². The molecular weight excluding hydrogens is 257 g/mol. The second kappa shape index (κ2) is 6.22. The summed E-state index contributed by atoms with van der Waals surface area (Å²) in [6.07, 6.45) is 4.39. The fourth-order valence-corrected chi connectivity index (χ4v) is 3.20. The van der Waals surface area contributed by atoms with Crippen molar-refractivity contribution in [3.63, 3.8) is 0 Å². The molecule has 20 heavy (non-hydrogen) atoms. The molecule has 2 atom stereocenters. The van der Waals surface area contributed by atoms with E-state index in [1.165, 1.54) is 12.5 Å². The summed E-state index contributed by atoms with van der Waals surface area (Å²) in [6.45, 7) is 0.607. The predicted octanol–water partition coefficient (Wildman–Crippen LogP) is 1.88. The van der Waals surface area contributed by atoms with Gasteiger partial charge in [-0.05, 0) is 37.4 Å². The van der Waals surface area contributed by atoms with Crippen LogP contribution in [0.1, 0.15) is 36.0 Å². The van der Waals surface area contributed by atoms with Crippen LogP contribution in [-0.2, 0) is 0 Å². The number of anilines is 1. The first-order valence-corrected chi connectivity index (χ1v) is 7.07. The highest BCUT2D eigenvalue weighted by Gasteiger charge is 2.29. The van der Waals surface area contributed by atoms with Crippen LogP contribution in [0.5, 0.6) is 0 Å². The lowest BCUT2D eigenvalue weighted by Crippen LogP contribution is -2.44. The van der Waals surface area contributed by atoms with Crippen molar-refractivity contribution in [2.45, 2.75) is 31.7 Å². The number of nitrogens with two attached hydrogens (primary N) is 2. The van der Waals surface area contributed by atoms with Crippen molar-refractivity contribution in [2.75, 3.05) is 18.5 Å². The Morgan fingerprint density at radius 3 is 2.75 bits per heavy atom. The van der Waals surface area contributed by atoms with Gasteiger partial charge in [-0.15, -0.1) is 0 Å². The van der Waals surface area contributed by atoms with Crippen LogP contribution in [0.3, 0.4) is 0 Å². The number of hydrogen-bond donors (Lipinski definition) is 2. The van der Waals surface area contributed by atoms with Crippen LogP contribution in [0, 0.1) is 11.7 Å². The summed E-state index contributed by atoms with van der Waals surface area (Å²) in [5.74, 6) is -0.926. The molecule has 0 aromatic heterocycles. The number of halogens is 1. The quantitative estimate of drug-likeness (QED) is 0.884. The third-order valence-electron chi connectivity index (χ3n) is 4.29. The molecule has 2 unspecified atom stereocenters. The van der Waals surface area contributed by atoms with Gasteiger partial charge in [-0.25, -0.2) is 4.39 Å². The molecule has 5 heteroatoms. The first kappa shape index (κ1) is 14.8. The highest BCUT2D eigenvalue weighted by atomic mass is 19.1. The Bertz CT molecular complexity index is 492. The number of hydrogen-bond acceptors (Lipinski definition) is 3. The molecule has 1 aromatic carbocycles. The second-order valence-corrected chi connectivity index (χ2v) is 5.46. The Morgan fingerprint density at radius 1 is 1.40 bits per heavy atom. The lowest BCUT2D eigenvalue weighted by atomic mass is 9.83. The van der Waals surface area contributed by atoms with Gasteiger partial charge in [0.25, 0.3) is 5.91 Å². The fourth-order valence-electron chi connectivity index (χ4n) is 3.20. The Kier molecular flexibility index (Phi) is 4.60. The number of benzene rings is 1. The first-order valence-electron chi connectivity index (χ1n) is 7.07. The van der Waals surface area contributed by atoms with Crippen LogP contribution in [-0.4, -0.2) is 25.5 Å². The molecule has 1 aliphatic rings. The minimum atomic E-state index is -0.731. The van der Waals surface area contributed by atoms with Gasteiger partial charge in [0.1, 0.15) is 5.82 Å². The lowest BCUT2D eigenvalue weighted by molar-refractivity contribution is 0.0996. The van der Waals surface area contributed by atoms with Crippen LogP contribution >= 0.6 is 0 Å². The molecule has 0 heterocycles. The molecule has 0 aliphatic heterocycles. The SMILES string of the molecule is CN(c1cccc(F)c1C(N)=O)C1CCCCC1CN. The van der Waals surface area contributed by atoms with Crippen LogP contribution in [0.4, 0.5) is 10.1 Å². The number of carbonyl (C=O) groups excluding carboxylic acids is 1. The first-order chi connectivity index (χ1) is 9.56. The summed E-state index contributed by atoms with van der Waals surface area (Å²) >= 11 is 0. The van der Waals surface area contributed by atoms with Gasteiger partial charge in [-0.2, -0.15) is 0 Å². The maximum atomic E-state index is 13.9. The van der Waals surface area contributed by atoms with E-state index in [1.807, 2.05) is 11.9 Å². The van der Waals surface area contributed by atoms with Crippen molar-refractivity contribution in [1.29, 1.82) is 0 Å². The summed E-state index contributed by atoms with van der Waals surface area (Å²) in [4.78, 5) is 13.5. The number of amides is 1. The topological polar surface area (TPSA) is 72.3 Å². The highest BCUT2D eigenvalue weighted by Crippen LogP contribution is 2.32. The van der Waals surface area contributed by atoms with Gasteiger partial charge >= 0.3 is 0 Å². The summed E-state index contributed by atoms with van der Waals surface area (Å²) in [5, 5.41) is 0. The molecule has 1 amide bonds. The fraction of sp³-hybridized carbons (Fsp3) is 0.533. The Labute approximate surface area is 118 Å². The van der Waals surface area contributed by atoms with E-state index in [9.17, 15) is 9.18 Å². The number of rotatable bonds is 4. The van der Waals surface area contributed by atoms with Gasteiger partial charge < -0.3 is 16.4 Å². The standard InChI is InChI=1S/C15H22FN3O/c1-19(12-7-3-2-5-10(12)9-17)13-8-4-6-11(16)14(13)15(18)20/h4,6,8,10,12H,2-3,5,7,9,17H2,1H3,(H2,18,20). The van der Waals surface area contributed by atoms with Gasteiger partial charge in [0.15, 0.2) is 0 Å². The van der Waals surface area contributed by atoms with Crippen LogP contribution in [0.2, 0.25) is 0 Å². The summed E-state index contributed by atoms with van der Waals surface area (Å²) in [6, 6.07) is 4.84. The van der Waals surface area contributed by atoms with Crippen LogP contribution in [0.15, 0.2) is 18.2 Å².